The van der Waals surface area contributed by atoms with Gasteiger partial charge in [-0.3, -0.25) is 4.99 Å². The van der Waals surface area contributed by atoms with Gasteiger partial charge in [0.15, 0.2) is 0 Å². The maximum Gasteiger partial charge on any atom is 0.102 e. The van der Waals surface area contributed by atoms with Crippen molar-refractivity contribution in [3.63, 3.8) is 0 Å². The maximum atomic E-state index is 4.31. The number of nitrogens with one attached hydrogen (secondary N) is 1. The van der Waals surface area contributed by atoms with E-state index in [-0.39, 0.29) is 5.41 Å². The molecule has 0 aromatic rings. The molecule has 52 valence electrons. The highest BCUT2D eigenvalue weighted by molar-refractivity contribution is 5.88. The van der Waals surface area contributed by atoms with Crippen LogP contribution in [-0.4, -0.2) is 18.9 Å². The Morgan fingerprint density at radius 3 is 2.33 bits per heavy atom. The van der Waals surface area contributed by atoms with E-state index in [0.29, 0.717) is 0 Å². The molecule has 9 heavy (non-hydrogen) atoms. The summed E-state index contributed by atoms with van der Waals surface area (Å²) in [5.41, 5.74) is 0.219. The molecule has 0 radical (unpaired) electrons. The van der Waals surface area contributed by atoms with Crippen LogP contribution in [0.2, 0.25) is 0 Å². The fraction of sp³-hybridized carbons (Fsp3) is 0.857. The summed E-state index contributed by atoms with van der Waals surface area (Å²) in [6, 6.07) is 0. The summed E-state index contributed by atoms with van der Waals surface area (Å²) in [6.45, 7) is 8.48. The van der Waals surface area contributed by atoms with Crippen molar-refractivity contribution >= 4 is 5.84 Å². The SMILES string of the molecule is CC(C)(C)C1=NCCN1. The molecule has 0 fully saturated rings. The lowest BCUT2D eigenvalue weighted by Crippen LogP contribution is -2.31. The average Bonchev–Trinajstić information content (AvgIpc) is 2.08. The summed E-state index contributed by atoms with van der Waals surface area (Å²) in [7, 11) is 0. The topological polar surface area (TPSA) is 24.4 Å². The van der Waals surface area contributed by atoms with Crippen LogP contribution in [0.1, 0.15) is 20.8 Å². The van der Waals surface area contributed by atoms with Crippen LogP contribution < -0.4 is 5.32 Å². The molecular weight excluding hydrogens is 112 g/mol. The third-order valence-electron chi connectivity index (χ3n) is 1.38. The molecule has 1 rings (SSSR count). The van der Waals surface area contributed by atoms with Gasteiger partial charge >= 0.3 is 0 Å². The van der Waals surface area contributed by atoms with E-state index >= 15 is 0 Å². The fourth-order valence-corrected chi connectivity index (χ4v) is 0.900. The van der Waals surface area contributed by atoms with Crippen molar-refractivity contribution < 1.29 is 0 Å². The summed E-state index contributed by atoms with van der Waals surface area (Å²) in [5, 5.41) is 3.25. The van der Waals surface area contributed by atoms with E-state index in [9.17, 15) is 0 Å². The van der Waals surface area contributed by atoms with E-state index in [2.05, 4.69) is 31.1 Å². The van der Waals surface area contributed by atoms with Crippen molar-refractivity contribution in [1.29, 1.82) is 0 Å². The Kier molecular flexibility index (Phi) is 1.47. The average molecular weight is 126 g/mol. The molecule has 0 amide bonds. The van der Waals surface area contributed by atoms with Gasteiger partial charge in [0.2, 0.25) is 0 Å². The first-order chi connectivity index (χ1) is 4.11. The Balaban J connectivity index is 2.61. The summed E-state index contributed by atoms with van der Waals surface area (Å²) < 4.78 is 0. The van der Waals surface area contributed by atoms with Crippen molar-refractivity contribution in [2.24, 2.45) is 10.4 Å². The number of nitrogens with zero attached hydrogens (tertiary/aromatic N) is 1. The van der Waals surface area contributed by atoms with Crippen molar-refractivity contribution in [3.05, 3.63) is 0 Å². The molecule has 0 aliphatic carbocycles. The lowest BCUT2D eigenvalue weighted by molar-refractivity contribution is 0.575. The van der Waals surface area contributed by atoms with Crippen LogP contribution in [0.25, 0.3) is 0 Å². The molecule has 0 bridgehead atoms. The zero-order valence-electron chi connectivity index (χ0n) is 6.36. The Bertz CT molecular complexity index is 130. The minimum atomic E-state index is 0.219. The van der Waals surface area contributed by atoms with Gasteiger partial charge in [0.05, 0.1) is 6.54 Å². The summed E-state index contributed by atoms with van der Waals surface area (Å²) in [6.07, 6.45) is 0. The molecule has 1 heterocycles. The molecule has 1 aliphatic rings. The molecule has 0 saturated heterocycles. The molecule has 2 nitrogen and oxygen atoms in total. The van der Waals surface area contributed by atoms with Gasteiger partial charge in [-0.2, -0.15) is 0 Å². The van der Waals surface area contributed by atoms with Crippen molar-refractivity contribution in [2.75, 3.05) is 13.1 Å². The lowest BCUT2D eigenvalue weighted by atomic mass is 9.95. The van der Waals surface area contributed by atoms with Crippen LogP contribution in [0.4, 0.5) is 0 Å². The number of aliphatic imine (C=N–C) groups is 1. The molecule has 2 heteroatoms. The normalized spacial score (nSPS) is 19.2. The Hall–Kier alpha value is -0.530. The van der Waals surface area contributed by atoms with Gasteiger partial charge in [-0.05, 0) is 0 Å². The lowest BCUT2D eigenvalue weighted by Gasteiger charge is -2.18. The van der Waals surface area contributed by atoms with Crippen LogP contribution in [-0.2, 0) is 0 Å². The molecule has 0 unspecified atom stereocenters. The van der Waals surface area contributed by atoms with Crippen LogP contribution in [0.3, 0.4) is 0 Å². The molecule has 0 aromatic heterocycles. The standard InChI is InChI=1S/C7H14N2/c1-7(2,3)6-8-4-5-9-6/h4-5H2,1-3H3,(H,8,9). The minimum absolute atomic E-state index is 0.219. The van der Waals surface area contributed by atoms with Gasteiger partial charge in [-0.25, -0.2) is 0 Å². The zero-order valence-corrected chi connectivity index (χ0v) is 6.36. The van der Waals surface area contributed by atoms with Crippen LogP contribution >= 0.6 is 0 Å². The third kappa shape index (κ3) is 1.44. The van der Waals surface area contributed by atoms with E-state index in [0.717, 1.165) is 18.9 Å². The van der Waals surface area contributed by atoms with Crippen LogP contribution in [0.5, 0.6) is 0 Å². The zero-order chi connectivity index (χ0) is 6.91. The maximum absolute atomic E-state index is 4.31. The predicted octanol–water partition coefficient (Wildman–Crippen LogP) is 1.03. The summed E-state index contributed by atoms with van der Waals surface area (Å²) in [5.74, 6) is 1.16. The highest BCUT2D eigenvalue weighted by Gasteiger charge is 2.20. The first-order valence-corrected chi connectivity index (χ1v) is 3.39. The van der Waals surface area contributed by atoms with E-state index in [4.69, 9.17) is 0 Å². The van der Waals surface area contributed by atoms with E-state index in [1.165, 1.54) is 0 Å². The second-order valence-corrected chi connectivity index (χ2v) is 3.41. The van der Waals surface area contributed by atoms with E-state index < -0.39 is 0 Å². The van der Waals surface area contributed by atoms with Crippen molar-refractivity contribution in [2.45, 2.75) is 20.8 Å². The van der Waals surface area contributed by atoms with Crippen LogP contribution in [0.15, 0.2) is 4.99 Å². The second kappa shape index (κ2) is 2.01. The number of rotatable bonds is 0. The molecule has 0 saturated carbocycles. The van der Waals surface area contributed by atoms with Crippen molar-refractivity contribution in [1.82, 2.24) is 5.32 Å². The Morgan fingerprint density at radius 2 is 2.11 bits per heavy atom. The summed E-state index contributed by atoms with van der Waals surface area (Å²) >= 11 is 0. The quantitative estimate of drug-likeness (QED) is 0.515. The number of hydrogen-bond acceptors (Lipinski definition) is 2. The molecule has 0 spiro atoms. The van der Waals surface area contributed by atoms with Gasteiger partial charge in [0.25, 0.3) is 0 Å². The third-order valence-corrected chi connectivity index (χ3v) is 1.38. The molecule has 1 N–H and O–H groups in total. The first-order valence-electron chi connectivity index (χ1n) is 3.39. The van der Waals surface area contributed by atoms with Gasteiger partial charge in [-0.15, -0.1) is 0 Å². The van der Waals surface area contributed by atoms with E-state index in [1.807, 2.05) is 0 Å². The number of amidine groups is 1. The molecule has 1 aliphatic heterocycles. The molecule has 0 aromatic carbocycles. The second-order valence-electron chi connectivity index (χ2n) is 3.41. The molecular formula is C7H14N2. The van der Waals surface area contributed by atoms with Crippen molar-refractivity contribution in [3.8, 4) is 0 Å². The summed E-state index contributed by atoms with van der Waals surface area (Å²) in [4.78, 5) is 4.31. The monoisotopic (exact) mass is 126 g/mol. The molecule has 0 atom stereocenters. The van der Waals surface area contributed by atoms with Gasteiger partial charge < -0.3 is 5.32 Å². The highest BCUT2D eigenvalue weighted by atomic mass is 15.1. The fourth-order valence-electron chi connectivity index (χ4n) is 0.900. The largest absolute Gasteiger partial charge is 0.372 e. The first kappa shape index (κ1) is 6.59. The van der Waals surface area contributed by atoms with E-state index in [1.54, 1.807) is 0 Å². The highest BCUT2D eigenvalue weighted by Crippen LogP contribution is 2.15. The van der Waals surface area contributed by atoms with Gasteiger partial charge in [-0.1, -0.05) is 20.8 Å². The Labute approximate surface area is 56.4 Å². The Morgan fingerprint density at radius 1 is 1.44 bits per heavy atom. The van der Waals surface area contributed by atoms with Crippen LogP contribution in [0, 0.1) is 5.41 Å². The van der Waals surface area contributed by atoms with Gasteiger partial charge in [0, 0.05) is 12.0 Å². The minimum Gasteiger partial charge on any atom is -0.372 e. The number of hydrogen-bond donors (Lipinski definition) is 1. The smallest absolute Gasteiger partial charge is 0.102 e. The predicted molar refractivity (Wildman–Crippen MR) is 39.8 cm³/mol. The van der Waals surface area contributed by atoms with Gasteiger partial charge in [0.1, 0.15) is 5.84 Å².